The number of likely N-dealkylation sites (tertiary alicyclic amines) is 1. The topological polar surface area (TPSA) is 90.4 Å². The van der Waals surface area contributed by atoms with E-state index in [0.717, 1.165) is 19.3 Å². The first kappa shape index (κ1) is 26.9. The van der Waals surface area contributed by atoms with E-state index in [1.165, 1.54) is 0 Å². The highest BCUT2D eigenvalue weighted by atomic mass is 16.5. The van der Waals surface area contributed by atoms with E-state index in [1.54, 1.807) is 4.90 Å². The number of hydrogen-bond acceptors (Lipinski definition) is 5. The van der Waals surface area contributed by atoms with Gasteiger partial charge in [0.2, 0.25) is 17.7 Å². The van der Waals surface area contributed by atoms with Crippen molar-refractivity contribution in [2.45, 2.75) is 89.5 Å². The molecule has 4 aliphatic heterocycles. The van der Waals surface area contributed by atoms with Crippen LogP contribution in [0.1, 0.15) is 66.2 Å². The lowest BCUT2D eigenvalue weighted by molar-refractivity contribution is -0.155. The number of aliphatic hydroxyl groups excluding tert-OH is 1. The Balaban J connectivity index is 1.83. The summed E-state index contributed by atoms with van der Waals surface area (Å²) in [4.78, 5) is 47.8. The molecule has 4 aliphatic rings. The van der Waals surface area contributed by atoms with Crippen molar-refractivity contribution in [1.82, 2.24) is 14.7 Å². The van der Waals surface area contributed by atoms with Gasteiger partial charge >= 0.3 is 0 Å². The van der Waals surface area contributed by atoms with E-state index in [9.17, 15) is 19.5 Å². The van der Waals surface area contributed by atoms with Gasteiger partial charge in [-0.3, -0.25) is 14.4 Å². The fourth-order valence-corrected chi connectivity index (χ4v) is 6.90. The Hall–Kier alpha value is -2.19. The van der Waals surface area contributed by atoms with Crippen LogP contribution < -0.4 is 0 Å². The predicted octanol–water partition coefficient (Wildman–Crippen LogP) is 2.52. The van der Waals surface area contributed by atoms with Crippen molar-refractivity contribution in [1.29, 1.82) is 0 Å². The molecule has 4 heterocycles. The molecule has 6 atom stereocenters. The molecule has 2 fully saturated rings. The number of fused-ring (bicyclic) bond motifs is 2. The summed E-state index contributed by atoms with van der Waals surface area (Å²) in [5, 5.41) is 9.36. The standard InChI is InChI=1S/C28H43N3O5/c1-5-12-20(4)30-18-11-14-28-22(25(34)31(17-8-9-19-32)23(28)26(30)35)21-24(33)29(15-6-2)16-10-13-27(21,7-3)36-28/h10-11,13-14,20-23,32H,5-9,12,15-19H2,1-4H3/t20?,21-,22+,23?,27+,28+/m1/s1. The maximum absolute atomic E-state index is 14.2. The number of carbonyl (C=O) groups is 3. The molecule has 200 valence electrons. The normalized spacial score (nSPS) is 34.5. The SMILES string of the molecule is CCCC(C)N1CC=C[C@]23O[C@@]4(CC)C=CCN(CCC)C(=O)[C@H]4[C@H]2C(=O)N(CCCCO)C3C1=O. The Bertz CT molecular complexity index is 919. The number of amides is 3. The van der Waals surface area contributed by atoms with Crippen molar-refractivity contribution >= 4 is 17.7 Å². The van der Waals surface area contributed by atoms with Gasteiger partial charge < -0.3 is 24.5 Å². The molecule has 8 nitrogen and oxygen atoms in total. The first-order chi connectivity index (χ1) is 17.3. The zero-order chi connectivity index (χ0) is 26.1. The molecule has 36 heavy (non-hydrogen) atoms. The lowest BCUT2D eigenvalue weighted by Crippen LogP contribution is -2.57. The molecule has 0 aliphatic carbocycles. The molecule has 2 saturated heterocycles. The van der Waals surface area contributed by atoms with Crippen LogP contribution in [0, 0.1) is 11.8 Å². The quantitative estimate of drug-likeness (QED) is 0.367. The van der Waals surface area contributed by atoms with E-state index in [4.69, 9.17) is 4.74 Å². The second kappa shape index (κ2) is 10.7. The number of unbranched alkanes of at least 4 members (excludes halogenated alkanes) is 1. The highest BCUT2D eigenvalue weighted by Gasteiger charge is 2.75. The van der Waals surface area contributed by atoms with Crippen molar-refractivity contribution in [3.63, 3.8) is 0 Å². The van der Waals surface area contributed by atoms with Gasteiger partial charge in [-0.1, -0.05) is 51.5 Å². The van der Waals surface area contributed by atoms with E-state index in [-0.39, 0.29) is 30.4 Å². The predicted molar refractivity (Wildman–Crippen MR) is 137 cm³/mol. The third-order valence-electron chi connectivity index (χ3n) is 8.59. The summed E-state index contributed by atoms with van der Waals surface area (Å²) >= 11 is 0. The molecule has 0 saturated carbocycles. The third kappa shape index (κ3) is 4.10. The minimum Gasteiger partial charge on any atom is -0.396 e. The Morgan fingerprint density at radius 1 is 0.972 bits per heavy atom. The monoisotopic (exact) mass is 501 g/mol. The van der Waals surface area contributed by atoms with Crippen molar-refractivity contribution < 1.29 is 24.2 Å². The summed E-state index contributed by atoms with van der Waals surface area (Å²) < 4.78 is 6.96. The Morgan fingerprint density at radius 3 is 2.39 bits per heavy atom. The average Bonchev–Trinajstić information content (AvgIpc) is 3.14. The summed E-state index contributed by atoms with van der Waals surface area (Å²) in [7, 11) is 0. The van der Waals surface area contributed by atoms with Gasteiger partial charge in [-0.15, -0.1) is 0 Å². The fourth-order valence-electron chi connectivity index (χ4n) is 6.90. The highest BCUT2D eigenvalue weighted by Crippen LogP contribution is 2.58. The maximum atomic E-state index is 14.2. The molecule has 0 radical (unpaired) electrons. The van der Waals surface area contributed by atoms with E-state index < -0.39 is 29.1 Å². The van der Waals surface area contributed by atoms with Crippen LogP contribution in [0.2, 0.25) is 0 Å². The number of rotatable bonds is 10. The highest BCUT2D eigenvalue weighted by molar-refractivity contribution is 6.00. The molecule has 0 bridgehead atoms. The molecule has 4 rings (SSSR count). The molecule has 1 spiro atoms. The van der Waals surface area contributed by atoms with E-state index in [1.807, 2.05) is 48.0 Å². The second-order valence-electron chi connectivity index (χ2n) is 10.8. The van der Waals surface area contributed by atoms with E-state index in [2.05, 4.69) is 13.8 Å². The number of ether oxygens (including phenoxy) is 1. The van der Waals surface area contributed by atoms with Crippen LogP contribution in [0.25, 0.3) is 0 Å². The molecular weight excluding hydrogens is 458 g/mol. The Labute approximate surface area is 215 Å². The lowest BCUT2D eigenvalue weighted by Gasteiger charge is -2.39. The minimum absolute atomic E-state index is 0.0299. The van der Waals surface area contributed by atoms with Gasteiger partial charge in [0.05, 0.1) is 17.4 Å². The zero-order valence-corrected chi connectivity index (χ0v) is 22.3. The van der Waals surface area contributed by atoms with Crippen LogP contribution >= 0.6 is 0 Å². The summed E-state index contributed by atoms with van der Waals surface area (Å²) in [6.45, 7) is 10.2. The summed E-state index contributed by atoms with van der Waals surface area (Å²) in [5.41, 5.74) is -2.12. The zero-order valence-electron chi connectivity index (χ0n) is 22.3. The fraction of sp³-hybridized carbons (Fsp3) is 0.750. The number of hydrogen-bond donors (Lipinski definition) is 1. The van der Waals surface area contributed by atoms with E-state index in [0.29, 0.717) is 45.4 Å². The van der Waals surface area contributed by atoms with Crippen LogP contribution in [-0.2, 0) is 19.1 Å². The molecule has 8 heteroatoms. The van der Waals surface area contributed by atoms with Gasteiger partial charge in [0, 0.05) is 38.8 Å². The molecule has 1 N–H and O–H groups in total. The van der Waals surface area contributed by atoms with Crippen molar-refractivity contribution in [3.8, 4) is 0 Å². The Morgan fingerprint density at radius 2 is 1.72 bits per heavy atom. The second-order valence-corrected chi connectivity index (χ2v) is 10.8. The van der Waals surface area contributed by atoms with Crippen molar-refractivity contribution in [3.05, 3.63) is 24.3 Å². The first-order valence-electron chi connectivity index (χ1n) is 13.9. The van der Waals surface area contributed by atoms with Crippen LogP contribution in [0.3, 0.4) is 0 Å². The molecular formula is C28H43N3O5. The van der Waals surface area contributed by atoms with Gasteiger partial charge in [-0.25, -0.2) is 0 Å². The van der Waals surface area contributed by atoms with E-state index >= 15 is 0 Å². The molecule has 0 aromatic heterocycles. The van der Waals surface area contributed by atoms with Gasteiger partial charge in [0.1, 0.15) is 11.6 Å². The van der Waals surface area contributed by atoms with Gasteiger partial charge in [-0.05, 0) is 39.0 Å². The van der Waals surface area contributed by atoms with Crippen molar-refractivity contribution in [2.24, 2.45) is 11.8 Å². The number of carbonyl (C=O) groups excluding carboxylic acids is 3. The van der Waals surface area contributed by atoms with Gasteiger partial charge in [0.25, 0.3) is 0 Å². The van der Waals surface area contributed by atoms with Crippen LogP contribution in [0.15, 0.2) is 24.3 Å². The lowest BCUT2D eigenvalue weighted by atomic mass is 9.73. The van der Waals surface area contributed by atoms with Crippen LogP contribution in [0.4, 0.5) is 0 Å². The molecule has 0 aromatic carbocycles. The number of nitrogens with zero attached hydrogens (tertiary/aromatic N) is 3. The molecule has 0 aromatic rings. The first-order valence-corrected chi connectivity index (χ1v) is 13.9. The largest absolute Gasteiger partial charge is 0.396 e. The summed E-state index contributed by atoms with van der Waals surface area (Å²) in [6.07, 6.45) is 12.2. The van der Waals surface area contributed by atoms with Crippen LogP contribution in [0.5, 0.6) is 0 Å². The summed E-state index contributed by atoms with van der Waals surface area (Å²) in [5.74, 6) is -1.78. The van der Waals surface area contributed by atoms with Crippen LogP contribution in [-0.4, -0.2) is 93.6 Å². The minimum atomic E-state index is -1.19. The van der Waals surface area contributed by atoms with Gasteiger partial charge in [0.15, 0.2) is 0 Å². The Kier molecular flexibility index (Phi) is 7.95. The number of aliphatic hydroxyl groups is 1. The average molecular weight is 502 g/mol. The van der Waals surface area contributed by atoms with Gasteiger partial charge in [-0.2, -0.15) is 0 Å². The maximum Gasteiger partial charge on any atom is 0.249 e. The molecule has 3 amide bonds. The third-order valence-corrected chi connectivity index (χ3v) is 8.59. The summed E-state index contributed by atoms with van der Waals surface area (Å²) in [6, 6.07) is -0.785. The smallest absolute Gasteiger partial charge is 0.249 e. The van der Waals surface area contributed by atoms with Crippen molar-refractivity contribution in [2.75, 3.05) is 32.8 Å². The molecule has 2 unspecified atom stereocenters.